The predicted molar refractivity (Wildman–Crippen MR) is 76.4 cm³/mol. The number of halogens is 1. The second-order valence-electron chi connectivity index (χ2n) is 5.49. The molecule has 1 atom stereocenters. The maximum Gasteiger partial charge on any atom is 0.137 e. The van der Waals surface area contributed by atoms with Crippen LogP contribution in [-0.2, 0) is 6.54 Å². The standard InChI is InChI=1S/C15H22FNS/c1-10(2)11(3)18-15-7-4-12(8-14(15)16)9-17-13-5-6-13/h4,7-8,10-11,13,17H,5-6,9H2,1-3H3. The van der Waals surface area contributed by atoms with Gasteiger partial charge in [-0.2, -0.15) is 0 Å². The third-order valence-electron chi connectivity index (χ3n) is 3.42. The normalized spacial score (nSPS) is 17.2. The van der Waals surface area contributed by atoms with Gasteiger partial charge < -0.3 is 5.32 Å². The molecule has 100 valence electrons. The molecule has 2 rings (SSSR count). The van der Waals surface area contributed by atoms with Crippen molar-refractivity contribution in [2.45, 2.75) is 56.3 Å². The molecule has 0 saturated heterocycles. The summed E-state index contributed by atoms with van der Waals surface area (Å²) >= 11 is 1.63. The van der Waals surface area contributed by atoms with Gasteiger partial charge in [-0.15, -0.1) is 11.8 Å². The van der Waals surface area contributed by atoms with Crippen LogP contribution in [0.1, 0.15) is 39.2 Å². The summed E-state index contributed by atoms with van der Waals surface area (Å²) < 4.78 is 14.0. The summed E-state index contributed by atoms with van der Waals surface area (Å²) in [6.45, 7) is 7.27. The van der Waals surface area contributed by atoms with Crippen molar-refractivity contribution in [1.29, 1.82) is 0 Å². The largest absolute Gasteiger partial charge is 0.310 e. The number of thioether (sulfide) groups is 1. The highest BCUT2D eigenvalue weighted by Crippen LogP contribution is 2.30. The predicted octanol–water partition coefficient (Wildman–Crippen LogP) is 4.21. The van der Waals surface area contributed by atoms with E-state index >= 15 is 0 Å². The van der Waals surface area contributed by atoms with Crippen molar-refractivity contribution in [1.82, 2.24) is 5.32 Å². The highest BCUT2D eigenvalue weighted by molar-refractivity contribution is 8.00. The molecule has 1 N–H and O–H groups in total. The summed E-state index contributed by atoms with van der Waals surface area (Å²) in [7, 11) is 0. The first-order chi connectivity index (χ1) is 8.56. The van der Waals surface area contributed by atoms with Gasteiger partial charge in [-0.05, 0) is 36.5 Å². The lowest BCUT2D eigenvalue weighted by Gasteiger charge is -2.15. The smallest absolute Gasteiger partial charge is 0.137 e. The zero-order valence-electron chi connectivity index (χ0n) is 11.4. The third kappa shape index (κ3) is 3.99. The second kappa shape index (κ2) is 6.07. The Labute approximate surface area is 114 Å². The Kier molecular flexibility index (Phi) is 4.68. The van der Waals surface area contributed by atoms with Crippen molar-refractivity contribution in [2.24, 2.45) is 5.92 Å². The number of hydrogen-bond acceptors (Lipinski definition) is 2. The van der Waals surface area contributed by atoms with Crippen molar-refractivity contribution in [2.75, 3.05) is 0 Å². The van der Waals surface area contributed by atoms with E-state index in [9.17, 15) is 4.39 Å². The molecule has 1 nitrogen and oxygen atoms in total. The van der Waals surface area contributed by atoms with E-state index in [4.69, 9.17) is 0 Å². The maximum absolute atomic E-state index is 14.0. The van der Waals surface area contributed by atoms with Gasteiger partial charge in [-0.1, -0.05) is 26.8 Å². The zero-order valence-corrected chi connectivity index (χ0v) is 12.2. The van der Waals surface area contributed by atoms with Crippen molar-refractivity contribution in [3.63, 3.8) is 0 Å². The Balaban J connectivity index is 1.95. The summed E-state index contributed by atoms with van der Waals surface area (Å²) in [4.78, 5) is 0.770. The Morgan fingerprint density at radius 3 is 2.61 bits per heavy atom. The lowest BCUT2D eigenvalue weighted by atomic mass is 10.2. The summed E-state index contributed by atoms with van der Waals surface area (Å²) in [6, 6.07) is 6.30. The highest BCUT2D eigenvalue weighted by Gasteiger charge is 2.20. The van der Waals surface area contributed by atoms with Gasteiger partial charge in [0.15, 0.2) is 0 Å². The van der Waals surface area contributed by atoms with Gasteiger partial charge in [0, 0.05) is 22.7 Å². The number of benzene rings is 1. The van der Waals surface area contributed by atoms with E-state index in [-0.39, 0.29) is 5.82 Å². The molecule has 1 fully saturated rings. The monoisotopic (exact) mass is 267 g/mol. The molecule has 0 spiro atoms. The van der Waals surface area contributed by atoms with E-state index < -0.39 is 0 Å². The molecule has 0 bridgehead atoms. The van der Waals surface area contributed by atoms with Crippen LogP contribution < -0.4 is 5.32 Å². The highest BCUT2D eigenvalue weighted by atomic mass is 32.2. The van der Waals surface area contributed by atoms with Crippen LogP contribution in [0.4, 0.5) is 4.39 Å². The van der Waals surface area contributed by atoms with Crippen LogP contribution >= 0.6 is 11.8 Å². The Hall–Kier alpha value is -0.540. The Bertz CT molecular complexity index is 401. The number of hydrogen-bond donors (Lipinski definition) is 1. The molecule has 1 aliphatic carbocycles. The fourth-order valence-corrected chi connectivity index (χ4v) is 2.63. The fourth-order valence-electron chi connectivity index (χ4n) is 1.64. The zero-order chi connectivity index (χ0) is 13.1. The third-order valence-corrected chi connectivity index (χ3v) is 4.92. The van der Waals surface area contributed by atoms with Gasteiger partial charge in [-0.3, -0.25) is 0 Å². The van der Waals surface area contributed by atoms with Gasteiger partial charge in [0.25, 0.3) is 0 Å². The van der Waals surface area contributed by atoms with Gasteiger partial charge in [0.05, 0.1) is 0 Å². The minimum absolute atomic E-state index is 0.0809. The molecular weight excluding hydrogens is 245 g/mol. The molecule has 3 heteroatoms. The van der Waals surface area contributed by atoms with Crippen LogP contribution in [0.15, 0.2) is 23.1 Å². The summed E-state index contributed by atoms with van der Waals surface area (Å²) in [6.07, 6.45) is 2.53. The molecule has 1 aromatic carbocycles. The lowest BCUT2D eigenvalue weighted by Crippen LogP contribution is -2.15. The van der Waals surface area contributed by atoms with Crippen molar-refractivity contribution < 1.29 is 4.39 Å². The van der Waals surface area contributed by atoms with E-state index in [1.165, 1.54) is 12.8 Å². The molecule has 18 heavy (non-hydrogen) atoms. The fraction of sp³-hybridized carbons (Fsp3) is 0.600. The Morgan fingerprint density at radius 2 is 2.06 bits per heavy atom. The first-order valence-electron chi connectivity index (χ1n) is 6.74. The molecule has 0 aliphatic heterocycles. The summed E-state index contributed by atoms with van der Waals surface area (Å²) in [5.74, 6) is 0.480. The molecule has 0 aromatic heterocycles. The molecule has 1 aromatic rings. The van der Waals surface area contributed by atoms with Crippen molar-refractivity contribution >= 4 is 11.8 Å². The average molecular weight is 267 g/mol. The molecule has 1 saturated carbocycles. The van der Waals surface area contributed by atoms with Crippen molar-refractivity contribution in [3.05, 3.63) is 29.6 Å². The molecule has 0 radical (unpaired) electrons. The van der Waals surface area contributed by atoms with Crippen LogP contribution in [-0.4, -0.2) is 11.3 Å². The quantitative estimate of drug-likeness (QED) is 0.775. The minimum atomic E-state index is -0.0809. The van der Waals surface area contributed by atoms with Gasteiger partial charge in [0.1, 0.15) is 5.82 Å². The minimum Gasteiger partial charge on any atom is -0.310 e. The molecule has 0 amide bonds. The topological polar surface area (TPSA) is 12.0 Å². The van der Waals surface area contributed by atoms with E-state index in [1.807, 2.05) is 12.1 Å². The van der Waals surface area contributed by atoms with Crippen LogP contribution in [0, 0.1) is 11.7 Å². The first-order valence-corrected chi connectivity index (χ1v) is 7.62. The first kappa shape index (κ1) is 13.9. The number of nitrogens with one attached hydrogen (secondary N) is 1. The molecular formula is C15H22FNS. The summed E-state index contributed by atoms with van der Waals surface area (Å²) in [5.41, 5.74) is 1.04. The summed E-state index contributed by atoms with van der Waals surface area (Å²) in [5, 5.41) is 3.84. The average Bonchev–Trinajstić information content (AvgIpc) is 3.13. The van der Waals surface area contributed by atoms with Crippen molar-refractivity contribution in [3.8, 4) is 0 Å². The second-order valence-corrected chi connectivity index (χ2v) is 6.91. The molecule has 0 heterocycles. The number of rotatable bonds is 6. The van der Waals surface area contributed by atoms with Crippen LogP contribution in [0.5, 0.6) is 0 Å². The van der Waals surface area contributed by atoms with E-state index in [1.54, 1.807) is 17.8 Å². The van der Waals surface area contributed by atoms with E-state index in [2.05, 4.69) is 26.1 Å². The molecule has 1 unspecified atom stereocenters. The Morgan fingerprint density at radius 1 is 1.33 bits per heavy atom. The molecule has 1 aliphatic rings. The van der Waals surface area contributed by atoms with Gasteiger partial charge in [0.2, 0.25) is 0 Å². The SMILES string of the molecule is CC(C)C(C)Sc1ccc(CNC2CC2)cc1F. The van der Waals surface area contributed by atoms with Crippen LogP contribution in [0.25, 0.3) is 0 Å². The van der Waals surface area contributed by atoms with E-state index in [0.717, 1.165) is 17.0 Å². The van der Waals surface area contributed by atoms with Crippen LogP contribution in [0.2, 0.25) is 0 Å². The lowest BCUT2D eigenvalue weighted by molar-refractivity contribution is 0.591. The van der Waals surface area contributed by atoms with Gasteiger partial charge in [-0.25, -0.2) is 4.39 Å². The van der Waals surface area contributed by atoms with E-state index in [0.29, 0.717) is 17.2 Å². The van der Waals surface area contributed by atoms with Crippen LogP contribution in [0.3, 0.4) is 0 Å². The maximum atomic E-state index is 14.0. The van der Waals surface area contributed by atoms with Gasteiger partial charge >= 0.3 is 0 Å².